The van der Waals surface area contributed by atoms with Gasteiger partial charge in [0.05, 0.1) is 6.07 Å². The van der Waals surface area contributed by atoms with E-state index in [2.05, 4.69) is 16.0 Å². The first-order chi connectivity index (χ1) is 14.4. The number of halogens is 1. The van der Waals surface area contributed by atoms with Gasteiger partial charge in [0.15, 0.2) is 6.61 Å². The molecule has 3 rings (SSSR count). The molecule has 8 nitrogen and oxygen atoms in total. The molecule has 2 atom stereocenters. The van der Waals surface area contributed by atoms with Gasteiger partial charge in [0.1, 0.15) is 23.3 Å². The second-order valence-electron chi connectivity index (χ2n) is 7.38. The van der Waals surface area contributed by atoms with Gasteiger partial charge in [-0.05, 0) is 55.9 Å². The normalized spacial score (nSPS) is 19.4. The SMILES string of the molecule is N#C[C@H](C[C@@H]1CCNC1=O)NC(=O)C(=CC1CC1)NC(=O)COc1ccc(F)cc1. The standard InChI is InChI=1S/C21H23FN4O4/c22-15-3-5-17(6-4-15)30-12-19(27)26-18(9-13-1-2-13)21(29)25-16(11-23)10-14-7-8-24-20(14)28/h3-6,9,13-14,16H,1-2,7-8,10,12H2,(H,24,28)(H,25,29)(H,26,27)/t14-,16-/m0/s1. The summed E-state index contributed by atoms with van der Waals surface area (Å²) in [5.41, 5.74) is 0.0568. The fourth-order valence-electron chi connectivity index (χ4n) is 3.07. The van der Waals surface area contributed by atoms with Crippen LogP contribution in [0.1, 0.15) is 25.7 Å². The zero-order chi connectivity index (χ0) is 21.5. The molecule has 1 saturated carbocycles. The number of hydrogen-bond acceptors (Lipinski definition) is 5. The molecule has 1 aromatic carbocycles. The lowest BCUT2D eigenvalue weighted by Gasteiger charge is -2.16. The number of rotatable bonds is 9. The van der Waals surface area contributed by atoms with Crippen molar-refractivity contribution in [3.05, 3.63) is 41.9 Å². The van der Waals surface area contributed by atoms with E-state index in [0.717, 1.165) is 12.8 Å². The molecule has 0 spiro atoms. The largest absolute Gasteiger partial charge is 0.484 e. The Morgan fingerprint density at radius 1 is 1.30 bits per heavy atom. The van der Waals surface area contributed by atoms with Crippen molar-refractivity contribution in [2.75, 3.05) is 13.2 Å². The van der Waals surface area contributed by atoms with Gasteiger partial charge in [-0.25, -0.2) is 4.39 Å². The average Bonchev–Trinajstić information content (AvgIpc) is 3.46. The molecule has 3 N–H and O–H groups in total. The summed E-state index contributed by atoms with van der Waals surface area (Å²) in [5, 5.41) is 17.2. The van der Waals surface area contributed by atoms with E-state index in [0.29, 0.717) is 18.7 Å². The highest BCUT2D eigenvalue weighted by Crippen LogP contribution is 2.31. The van der Waals surface area contributed by atoms with Gasteiger partial charge >= 0.3 is 0 Å². The number of nitriles is 1. The molecule has 158 valence electrons. The maximum Gasteiger partial charge on any atom is 0.268 e. The monoisotopic (exact) mass is 414 g/mol. The first-order valence-corrected chi connectivity index (χ1v) is 9.83. The third-order valence-electron chi connectivity index (χ3n) is 4.87. The molecule has 9 heteroatoms. The van der Waals surface area contributed by atoms with Crippen molar-refractivity contribution >= 4 is 17.7 Å². The molecule has 1 aliphatic heterocycles. The summed E-state index contributed by atoms with van der Waals surface area (Å²) in [4.78, 5) is 36.6. The lowest BCUT2D eigenvalue weighted by Crippen LogP contribution is -2.42. The van der Waals surface area contributed by atoms with Gasteiger partial charge in [-0.2, -0.15) is 5.26 Å². The van der Waals surface area contributed by atoms with Crippen LogP contribution in [0.25, 0.3) is 0 Å². The van der Waals surface area contributed by atoms with Crippen LogP contribution in [-0.2, 0) is 14.4 Å². The van der Waals surface area contributed by atoms with Crippen molar-refractivity contribution in [3.8, 4) is 11.8 Å². The smallest absolute Gasteiger partial charge is 0.268 e. The molecule has 1 heterocycles. The Kier molecular flexibility index (Phi) is 7.01. The minimum atomic E-state index is -0.846. The highest BCUT2D eigenvalue weighted by molar-refractivity contribution is 5.98. The highest BCUT2D eigenvalue weighted by Gasteiger charge is 2.29. The van der Waals surface area contributed by atoms with Crippen molar-refractivity contribution in [2.45, 2.75) is 31.7 Å². The van der Waals surface area contributed by atoms with Gasteiger partial charge in [-0.3, -0.25) is 14.4 Å². The van der Waals surface area contributed by atoms with Crippen LogP contribution >= 0.6 is 0 Å². The van der Waals surface area contributed by atoms with Gasteiger partial charge in [0.25, 0.3) is 11.8 Å². The molecule has 1 saturated heterocycles. The van der Waals surface area contributed by atoms with Crippen LogP contribution in [0.3, 0.4) is 0 Å². The van der Waals surface area contributed by atoms with E-state index in [-0.39, 0.29) is 36.5 Å². The van der Waals surface area contributed by atoms with Gasteiger partial charge in [0.2, 0.25) is 5.91 Å². The lowest BCUT2D eigenvalue weighted by molar-refractivity contribution is -0.125. The zero-order valence-corrected chi connectivity index (χ0v) is 16.3. The van der Waals surface area contributed by atoms with E-state index in [1.54, 1.807) is 6.08 Å². The topological polar surface area (TPSA) is 120 Å². The quantitative estimate of drug-likeness (QED) is 0.524. The first kappa shape index (κ1) is 21.3. The number of carbonyl (C=O) groups excluding carboxylic acids is 3. The Balaban J connectivity index is 1.55. The zero-order valence-electron chi connectivity index (χ0n) is 16.3. The van der Waals surface area contributed by atoms with Crippen molar-refractivity contribution in [3.63, 3.8) is 0 Å². The van der Waals surface area contributed by atoms with Crippen LogP contribution in [0.4, 0.5) is 4.39 Å². The number of ether oxygens (including phenoxy) is 1. The molecule has 0 bridgehead atoms. The van der Waals surface area contributed by atoms with Crippen LogP contribution in [0.2, 0.25) is 0 Å². The molecule has 0 unspecified atom stereocenters. The van der Waals surface area contributed by atoms with Gasteiger partial charge in [-0.1, -0.05) is 6.08 Å². The lowest BCUT2D eigenvalue weighted by atomic mass is 9.99. The van der Waals surface area contributed by atoms with E-state index in [1.807, 2.05) is 6.07 Å². The predicted octanol–water partition coefficient (Wildman–Crippen LogP) is 1.15. The number of nitrogens with one attached hydrogen (secondary N) is 3. The summed E-state index contributed by atoms with van der Waals surface area (Å²) < 4.78 is 18.2. The second-order valence-corrected chi connectivity index (χ2v) is 7.38. The van der Waals surface area contributed by atoms with E-state index >= 15 is 0 Å². The van der Waals surface area contributed by atoms with Crippen molar-refractivity contribution < 1.29 is 23.5 Å². The van der Waals surface area contributed by atoms with Crippen LogP contribution < -0.4 is 20.7 Å². The molecule has 0 radical (unpaired) electrons. The molecule has 2 fully saturated rings. The van der Waals surface area contributed by atoms with Gasteiger partial charge in [-0.15, -0.1) is 0 Å². The fraction of sp³-hybridized carbons (Fsp3) is 0.429. The molecule has 0 aromatic heterocycles. The summed E-state index contributed by atoms with van der Waals surface area (Å²) in [6.07, 6.45) is 4.34. The highest BCUT2D eigenvalue weighted by atomic mass is 19.1. The summed E-state index contributed by atoms with van der Waals surface area (Å²) in [6, 6.07) is 6.38. The maximum atomic E-state index is 12.9. The van der Waals surface area contributed by atoms with Crippen LogP contribution in [0, 0.1) is 29.0 Å². The van der Waals surface area contributed by atoms with E-state index in [4.69, 9.17) is 4.74 Å². The molecule has 3 amide bonds. The summed E-state index contributed by atoms with van der Waals surface area (Å²) in [6.45, 7) is 0.206. The number of hydrogen-bond donors (Lipinski definition) is 3. The third kappa shape index (κ3) is 6.30. The summed E-state index contributed by atoms with van der Waals surface area (Å²) in [5.74, 6) is -1.46. The summed E-state index contributed by atoms with van der Waals surface area (Å²) in [7, 11) is 0. The van der Waals surface area contributed by atoms with Crippen molar-refractivity contribution in [2.24, 2.45) is 11.8 Å². The van der Waals surface area contributed by atoms with Crippen LogP contribution in [-0.4, -0.2) is 36.9 Å². The molecule has 1 aromatic rings. The first-order valence-electron chi connectivity index (χ1n) is 9.83. The molecular weight excluding hydrogens is 391 g/mol. The predicted molar refractivity (Wildman–Crippen MR) is 104 cm³/mol. The Morgan fingerprint density at radius 3 is 2.63 bits per heavy atom. The fourth-order valence-corrected chi connectivity index (χ4v) is 3.07. The number of benzene rings is 1. The minimum Gasteiger partial charge on any atom is -0.484 e. The molecule has 2 aliphatic rings. The van der Waals surface area contributed by atoms with E-state index in [1.165, 1.54) is 24.3 Å². The Labute approximate surface area is 173 Å². The van der Waals surface area contributed by atoms with Crippen LogP contribution in [0.5, 0.6) is 5.75 Å². The molecule has 30 heavy (non-hydrogen) atoms. The number of carbonyl (C=O) groups is 3. The Morgan fingerprint density at radius 2 is 2.03 bits per heavy atom. The minimum absolute atomic E-state index is 0.0568. The van der Waals surface area contributed by atoms with Crippen molar-refractivity contribution in [1.82, 2.24) is 16.0 Å². The summed E-state index contributed by atoms with van der Waals surface area (Å²) >= 11 is 0. The van der Waals surface area contributed by atoms with Gasteiger partial charge in [0, 0.05) is 12.5 Å². The maximum absolute atomic E-state index is 12.9. The van der Waals surface area contributed by atoms with Crippen LogP contribution in [0.15, 0.2) is 36.0 Å². The Bertz CT molecular complexity index is 874. The van der Waals surface area contributed by atoms with Gasteiger partial charge < -0.3 is 20.7 Å². The molecule has 1 aliphatic carbocycles. The van der Waals surface area contributed by atoms with E-state index < -0.39 is 23.7 Å². The second kappa shape index (κ2) is 9.87. The van der Waals surface area contributed by atoms with Crippen molar-refractivity contribution in [1.29, 1.82) is 5.26 Å². The molecular formula is C21H23FN4O4. The van der Waals surface area contributed by atoms with E-state index in [9.17, 15) is 24.0 Å². The number of nitrogens with zero attached hydrogens (tertiary/aromatic N) is 1. The Hall–Kier alpha value is -3.41. The average molecular weight is 414 g/mol. The number of amides is 3. The third-order valence-corrected chi connectivity index (χ3v) is 4.87. The number of allylic oxidation sites excluding steroid dienone is 1.